The summed E-state index contributed by atoms with van der Waals surface area (Å²) < 4.78 is 2.02. The van der Waals surface area contributed by atoms with E-state index in [1.54, 1.807) is 11.3 Å². The molecule has 4 heteroatoms. The van der Waals surface area contributed by atoms with E-state index < -0.39 is 0 Å². The topological polar surface area (TPSA) is 25.8 Å². The molecule has 56 valence electrons. The lowest BCUT2D eigenvalue weighted by Gasteiger charge is -1.93. The lowest BCUT2D eigenvalue weighted by molar-refractivity contribution is 1.08. The molecule has 2 nitrogen and oxygen atoms in total. The van der Waals surface area contributed by atoms with Crippen LogP contribution in [0.4, 0.5) is 0 Å². The third-order valence-corrected chi connectivity index (χ3v) is 3.12. The van der Waals surface area contributed by atoms with Crippen molar-refractivity contribution in [2.45, 2.75) is 6.92 Å². The summed E-state index contributed by atoms with van der Waals surface area (Å²) in [6.45, 7) is 1.89. The fourth-order valence-corrected chi connectivity index (χ4v) is 2.39. The number of rotatable bonds is 0. The van der Waals surface area contributed by atoms with E-state index in [-0.39, 0.29) is 0 Å². The molecular formula is C7H5BrN2S. The Kier molecular flexibility index (Phi) is 1.65. The zero-order valence-electron chi connectivity index (χ0n) is 5.84. The quantitative estimate of drug-likeness (QED) is 0.649. The SMILES string of the molecule is Cc1nc(Br)c2sccc2n1. The first-order valence-electron chi connectivity index (χ1n) is 3.15. The maximum absolute atomic E-state index is 4.27. The number of aromatic nitrogens is 2. The molecule has 0 fully saturated rings. The van der Waals surface area contributed by atoms with Gasteiger partial charge in [0.15, 0.2) is 0 Å². The van der Waals surface area contributed by atoms with Crippen LogP contribution in [0.3, 0.4) is 0 Å². The molecule has 0 aliphatic carbocycles. The number of nitrogens with zero attached hydrogens (tertiary/aromatic N) is 2. The Morgan fingerprint density at radius 2 is 2.27 bits per heavy atom. The number of hydrogen-bond donors (Lipinski definition) is 0. The van der Waals surface area contributed by atoms with E-state index in [2.05, 4.69) is 25.9 Å². The monoisotopic (exact) mass is 228 g/mol. The zero-order chi connectivity index (χ0) is 7.84. The molecule has 2 aromatic rings. The van der Waals surface area contributed by atoms with Gasteiger partial charge in [-0.05, 0) is 34.3 Å². The van der Waals surface area contributed by atoms with Crippen molar-refractivity contribution in [1.29, 1.82) is 0 Å². The largest absolute Gasteiger partial charge is 0.232 e. The Hall–Kier alpha value is -0.480. The van der Waals surface area contributed by atoms with E-state index in [1.165, 1.54) is 0 Å². The maximum Gasteiger partial charge on any atom is 0.127 e. The standard InChI is InChI=1S/C7H5BrN2S/c1-4-9-5-2-3-11-6(5)7(8)10-4/h2-3H,1H3. The smallest absolute Gasteiger partial charge is 0.127 e. The molecule has 0 spiro atoms. The highest BCUT2D eigenvalue weighted by molar-refractivity contribution is 9.10. The predicted molar refractivity (Wildman–Crippen MR) is 49.9 cm³/mol. The van der Waals surface area contributed by atoms with Gasteiger partial charge in [0.2, 0.25) is 0 Å². The van der Waals surface area contributed by atoms with Crippen molar-refractivity contribution in [3.05, 3.63) is 21.9 Å². The molecule has 0 saturated heterocycles. The highest BCUT2D eigenvalue weighted by atomic mass is 79.9. The zero-order valence-corrected chi connectivity index (χ0v) is 8.24. The van der Waals surface area contributed by atoms with E-state index >= 15 is 0 Å². The van der Waals surface area contributed by atoms with Gasteiger partial charge in [0, 0.05) is 0 Å². The molecule has 0 aromatic carbocycles. The van der Waals surface area contributed by atoms with Crippen molar-refractivity contribution in [3.8, 4) is 0 Å². The van der Waals surface area contributed by atoms with E-state index in [0.717, 1.165) is 20.6 Å². The first-order chi connectivity index (χ1) is 5.27. The highest BCUT2D eigenvalue weighted by Gasteiger charge is 2.02. The van der Waals surface area contributed by atoms with E-state index in [9.17, 15) is 0 Å². The second kappa shape index (κ2) is 2.53. The minimum absolute atomic E-state index is 0.808. The van der Waals surface area contributed by atoms with Crippen LogP contribution in [-0.2, 0) is 0 Å². The summed E-state index contributed by atoms with van der Waals surface area (Å²) in [5.74, 6) is 0.808. The van der Waals surface area contributed by atoms with Gasteiger partial charge in [-0.2, -0.15) is 0 Å². The molecule has 11 heavy (non-hydrogen) atoms. The predicted octanol–water partition coefficient (Wildman–Crippen LogP) is 2.76. The van der Waals surface area contributed by atoms with Gasteiger partial charge < -0.3 is 0 Å². The Bertz CT molecular complexity index is 396. The summed E-state index contributed by atoms with van der Waals surface area (Å²) in [5, 5.41) is 2.02. The molecule has 0 atom stereocenters. The van der Waals surface area contributed by atoms with E-state index in [0.29, 0.717) is 0 Å². The lowest BCUT2D eigenvalue weighted by atomic mass is 10.5. The van der Waals surface area contributed by atoms with Gasteiger partial charge in [0.25, 0.3) is 0 Å². The van der Waals surface area contributed by atoms with Crippen LogP contribution in [0.25, 0.3) is 10.2 Å². The summed E-state index contributed by atoms with van der Waals surface area (Å²) in [5.41, 5.74) is 1.02. The maximum atomic E-state index is 4.27. The third kappa shape index (κ3) is 1.16. The van der Waals surface area contributed by atoms with Gasteiger partial charge in [-0.25, -0.2) is 9.97 Å². The van der Waals surface area contributed by atoms with Crippen LogP contribution in [0.15, 0.2) is 16.0 Å². The summed E-state index contributed by atoms with van der Waals surface area (Å²) in [6.07, 6.45) is 0. The molecule has 0 unspecified atom stereocenters. The summed E-state index contributed by atoms with van der Waals surface area (Å²) in [6, 6.07) is 2.00. The molecule has 2 aromatic heterocycles. The lowest BCUT2D eigenvalue weighted by Crippen LogP contribution is -1.86. The van der Waals surface area contributed by atoms with Gasteiger partial charge >= 0.3 is 0 Å². The molecule has 2 heterocycles. The van der Waals surface area contributed by atoms with E-state index in [1.807, 2.05) is 18.4 Å². The molecule has 0 aliphatic rings. The molecule has 2 rings (SSSR count). The van der Waals surface area contributed by atoms with Gasteiger partial charge in [-0.1, -0.05) is 0 Å². The number of thiophene rings is 1. The Labute approximate surface area is 76.4 Å². The van der Waals surface area contributed by atoms with Crippen LogP contribution in [0.1, 0.15) is 5.82 Å². The van der Waals surface area contributed by atoms with E-state index in [4.69, 9.17) is 0 Å². The fourth-order valence-electron chi connectivity index (χ4n) is 0.937. The average Bonchev–Trinajstić information content (AvgIpc) is 2.34. The van der Waals surface area contributed by atoms with Crippen LogP contribution in [0.5, 0.6) is 0 Å². The average molecular weight is 229 g/mol. The number of hydrogen-bond acceptors (Lipinski definition) is 3. The van der Waals surface area contributed by atoms with Gasteiger partial charge in [0.1, 0.15) is 10.4 Å². The highest BCUT2D eigenvalue weighted by Crippen LogP contribution is 2.25. The second-order valence-electron chi connectivity index (χ2n) is 2.20. The summed E-state index contributed by atoms with van der Waals surface area (Å²) in [4.78, 5) is 8.46. The van der Waals surface area contributed by atoms with Crippen LogP contribution >= 0.6 is 27.3 Å². The van der Waals surface area contributed by atoms with Crippen molar-refractivity contribution >= 4 is 37.5 Å². The van der Waals surface area contributed by atoms with Crippen molar-refractivity contribution in [3.63, 3.8) is 0 Å². The minimum atomic E-state index is 0.808. The van der Waals surface area contributed by atoms with Gasteiger partial charge in [0.05, 0.1) is 10.2 Å². The van der Waals surface area contributed by atoms with Crippen LogP contribution in [-0.4, -0.2) is 9.97 Å². The van der Waals surface area contributed by atoms with Crippen molar-refractivity contribution in [2.24, 2.45) is 0 Å². The molecule has 0 aliphatic heterocycles. The number of halogens is 1. The molecule has 0 amide bonds. The number of fused-ring (bicyclic) bond motifs is 1. The second-order valence-corrected chi connectivity index (χ2v) is 3.86. The Morgan fingerprint density at radius 3 is 3.09 bits per heavy atom. The minimum Gasteiger partial charge on any atom is -0.232 e. The fraction of sp³-hybridized carbons (Fsp3) is 0.143. The van der Waals surface area contributed by atoms with Crippen LogP contribution in [0.2, 0.25) is 0 Å². The summed E-state index contributed by atoms with van der Waals surface area (Å²) in [7, 11) is 0. The van der Waals surface area contributed by atoms with Crippen molar-refractivity contribution in [1.82, 2.24) is 9.97 Å². The van der Waals surface area contributed by atoms with Gasteiger partial charge in [-0.3, -0.25) is 0 Å². The Morgan fingerprint density at radius 1 is 1.45 bits per heavy atom. The molecule has 0 N–H and O–H groups in total. The van der Waals surface area contributed by atoms with Gasteiger partial charge in [-0.15, -0.1) is 11.3 Å². The normalized spacial score (nSPS) is 10.7. The molecule has 0 radical (unpaired) electrons. The molecular weight excluding hydrogens is 224 g/mol. The number of aryl methyl sites for hydroxylation is 1. The Balaban J connectivity index is 2.91. The first kappa shape index (κ1) is 7.18. The summed E-state index contributed by atoms with van der Waals surface area (Å²) >= 11 is 5.04. The molecule has 0 bridgehead atoms. The first-order valence-corrected chi connectivity index (χ1v) is 4.82. The van der Waals surface area contributed by atoms with Crippen molar-refractivity contribution < 1.29 is 0 Å². The van der Waals surface area contributed by atoms with Crippen LogP contribution < -0.4 is 0 Å². The molecule has 0 saturated carbocycles. The third-order valence-electron chi connectivity index (χ3n) is 1.37. The van der Waals surface area contributed by atoms with Crippen LogP contribution in [0, 0.1) is 6.92 Å². The van der Waals surface area contributed by atoms with Crippen molar-refractivity contribution in [2.75, 3.05) is 0 Å².